The number of para-hydroxylation sites is 1. The smallest absolute Gasteiger partial charge is 0.346 e. The number of hydrogen-bond donors (Lipinski definition) is 1. The molecular weight excluding hydrogens is 395 g/mol. The van der Waals surface area contributed by atoms with Gasteiger partial charge in [-0.25, -0.2) is 4.98 Å². The molecule has 0 bridgehead atoms. The second kappa shape index (κ2) is 7.66. The first-order valence-corrected chi connectivity index (χ1v) is 9.25. The molecular formula is C21H18F3N5O. The molecule has 1 unspecified atom stereocenters. The Labute approximate surface area is 170 Å². The van der Waals surface area contributed by atoms with E-state index < -0.39 is 18.1 Å². The number of carbonyl (C=O) groups is 1. The summed E-state index contributed by atoms with van der Waals surface area (Å²) in [5, 5.41) is 5.24. The summed E-state index contributed by atoms with van der Waals surface area (Å²) >= 11 is 0. The van der Waals surface area contributed by atoms with Crippen LogP contribution < -0.4 is 4.90 Å². The van der Waals surface area contributed by atoms with Crippen LogP contribution in [-0.2, 0) is 4.79 Å². The molecule has 154 valence electrons. The maximum Gasteiger partial charge on any atom is 0.471 e. The average molecular weight is 413 g/mol. The van der Waals surface area contributed by atoms with E-state index >= 15 is 0 Å². The number of fused-ring (bicyclic) bond motifs is 1. The number of aromatic nitrogens is 4. The van der Waals surface area contributed by atoms with Gasteiger partial charge in [0.15, 0.2) is 0 Å². The van der Waals surface area contributed by atoms with Crippen molar-refractivity contribution in [2.45, 2.75) is 19.1 Å². The van der Waals surface area contributed by atoms with Gasteiger partial charge in [-0.1, -0.05) is 18.2 Å². The minimum absolute atomic E-state index is 0.181. The molecule has 0 aliphatic carbocycles. The van der Waals surface area contributed by atoms with Gasteiger partial charge < -0.3 is 9.88 Å². The number of H-pyrrole nitrogens is 1. The summed E-state index contributed by atoms with van der Waals surface area (Å²) in [6.45, 7) is 1.54. The summed E-state index contributed by atoms with van der Waals surface area (Å²) in [5.74, 6) is -1.91. The van der Waals surface area contributed by atoms with Crippen LogP contribution in [0, 0.1) is 0 Å². The van der Waals surface area contributed by atoms with Gasteiger partial charge in [-0.05, 0) is 36.8 Å². The number of amides is 1. The minimum atomic E-state index is -4.97. The Hall–Kier alpha value is -3.62. The van der Waals surface area contributed by atoms with Crippen LogP contribution in [-0.4, -0.2) is 38.4 Å². The van der Waals surface area contributed by atoms with Crippen molar-refractivity contribution in [3.05, 3.63) is 67.3 Å². The molecule has 0 aliphatic rings. The van der Waals surface area contributed by atoms with Crippen molar-refractivity contribution in [1.29, 1.82) is 0 Å². The Morgan fingerprint density at radius 1 is 1.20 bits per heavy atom. The van der Waals surface area contributed by atoms with E-state index in [2.05, 4.69) is 15.1 Å². The fourth-order valence-corrected chi connectivity index (χ4v) is 3.35. The quantitative estimate of drug-likeness (QED) is 0.521. The molecule has 0 saturated heterocycles. The Balaban J connectivity index is 1.62. The number of hydrogen-bond acceptors (Lipinski definition) is 3. The van der Waals surface area contributed by atoms with Crippen molar-refractivity contribution < 1.29 is 18.0 Å². The number of nitrogens with zero attached hydrogens (tertiary/aromatic N) is 4. The highest BCUT2D eigenvalue weighted by Crippen LogP contribution is 2.28. The standard InChI is InChI=1S/C21H18F3N5O/c1-14(12-28(20(30)21(22,23)24)16-5-3-2-4-6-16)29-13-15(11-27-29)17-7-9-25-19-18(17)8-10-26-19/h2-11,13-14H,12H2,1H3,(H,25,26). The molecule has 3 aromatic heterocycles. The summed E-state index contributed by atoms with van der Waals surface area (Å²) in [6.07, 6.45) is 1.90. The van der Waals surface area contributed by atoms with Crippen molar-refractivity contribution >= 4 is 22.6 Å². The predicted octanol–water partition coefficient (Wildman–Crippen LogP) is 4.58. The van der Waals surface area contributed by atoms with Crippen LogP contribution in [0.2, 0.25) is 0 Å². The van der Waals surface area contributed by atoms with Gasteiger partial charge in [-0.2, -0.15) is 18.3 Å². The number of nitrogens with one attached hydrogen (secondary N) is 1. The maximum absolute atomic E-state index is 13.2. The van der Waals surface area contributed by atoms with Gasteiger partial charge in [0.05, 0.1) is 12.2 Å². The Bertz CT molecular complexity index is 1170. The van der Waals surface area contributed by atoms with Crippen LogP contribution in [0.4, 0.5) is 18.9 Å². The number of carbonyl (C=O) groups excluding carboxylic acids is 1. The van der Waals surface area contributed by atoms with Gasteiger partial charge in [0.25, 0.3) is 0 Å². The van der Waals surface area contributed by atoms with Crippen LogP contribution in [0.3, 0.4) is 0 Å². The number of alkyl halides is 3. The summed E-state index contributed by atoms with van der Waals surface area (Å²) < 4.78 is 41.0. The van der Waals surface area contributed by atoms with Gasteiger partial charge in [0, 0.05) is 41.8 Å². The minimum Gasteiger partial charge on any atom is -0.346 e. The maximum atomic E-state index is 13.2. The highest BCUT2D eigenvalue weighted by Gasteiger charge is 2.43. The Morgan fingerprint density at radius 3 is 2.70 bits per heavy atom. The molecule has 6 nitrogen and oxygen atoms in total. The molecule has 30 heavy (non-hydrogen) atoms. The van der Waals surface area contributed by atoms with Crippen LogP contribution >= 0.6 is 0 Å². The molecule has 9 heteroatoms. The molecule has 0 spiro atoms. The summed E-state index contributed by atoms with van der Waals surface area (Å²) in [6, 6.07) is 11.1. The molecule has 1 aromatic carbocycles. The largest absolute Gasteiger partial charge is 0.471 e. The van der Waals surface area contributed by atoms with Crippen molar-refractivity contribution in [2.75, 3.05) is 11.4 Å². The van der Waals surface area contributed by atoms with E-state index in [1.54, 1.807) is 54.6 Å². The zero-order valence-corrected chi connectivity index (χ0v) is 16.0. The summed E-state index contributed by atoms with van der Waals surface area (Å²) in [5.41, 5.74) is 2.63. The highest BCUT2D eigenvalue weighted by atomic mass is 19.4. The SMILES string of the molecule is CC(CN(C(=O)C(F)(F)F)c1ccccc1)n1cc(-c2ccnc3[nH]ccc23)cn1. The number of aromatic amines is 1. The van der Waals surface area contributed by atoms with Crippen LogP contribution in [0.1, 0.15) is 13.0 Å². The van der Waals surface area contributed by atoms with Gasteiger partial charge in [0.1, 0.15) is 5.65 Å². The van der Waals surface area contributed by atoms with Crippen molar-refractivity contribution in [2.24, 2.45) is 0 Å². The number of pyridine rings is 1. The van der Waals surface area contributed by atoms with Gasteiger partial charge >= 0.3 is 12.1 Å². The predicted molar refractivity (Wildman–Crippen MR) is 107 cm³/mol. The molecule has 0 fully saturated rings. The highest BCUT2D eigenvalue weighted by molar-refractivity contribution is 5.97. The third-order valence-corrected chi connectivity index (χ3v) is 4.83. The number of anilines is 1. The van der Waals surface area contributed by atoms with Crippen LogP contribution in [0.15, 0.2) is 67.3 Å². The first-order valence-electron chi connectivity index (χ1n) is 9.25. The molecule has 1 N–H and O–H groups in total. The lowest BCUT2D eigenvalue weighted by atomic mass is 10.1. The summed E-state index contributed by atoms with van der Waals surface area (Å²) in [7, 11) is 0. The normalized spacial score (nSPS) is 12.8. The fraction of sp³-hybridized carbons (Fsp3) is 0.190. The number of rotatable bonds is 5. The molecule has 3 heterocycles. The molecule has 4 aromatic rings. The van der Waals surface area contributed by atoms with E-state index in [1.165, 1.54) is 12.1 Å². The van der Waals surface area contributed by atoms with Crippen LogP contribution in [0.25, 0.3) is 22.2 Å². The number of halogens is 3. The van der Waals surface area contributed by atoms with Gasteiger partial charge in [-0.3, -0.25) is 9.48 Å². The second-order valence-electron chi connectivity index (χ2n) is 6.91. The Kier molecular flexibility index (Phi) is 5.03. The number of benzene rings is 1. The third-order valence-electron chi connectivity index (χ3n) is 4.83. The average Bonchev–Trinajstić information content (AvgIpc) is 3.40. The van der Waals surface area contributed by atoms with E-state index in [-0.39, 0.29) is 12.2 Å². The van der Waals surface area contributed by atoms with E-state index in [1.807, 2.05) is 12.1 Å². The lowest BCUT2D eigenvalue weighted by molar-refractivity contribution is -0.170. The van der Waals surface area contributed by atoms with Crippen LogP contribution in [0.5, 0.6) is 0 Å². The van der Waals surface area contributed by atoms with E-state index in [0.717, 1.165) is 27.1 Å². The zero-order chi connectivity index (χ0) is 21.3. The first-order chi connectivity index (χ1) is 14.3. The molecule has 0 radical (unpaired) electrons. The molecule has 0 aliphatic heterocycles. The first kappa shape index (κ1) is 19.7. The Morgan fingerprint density at radius 2 is 1.97 bits per heavy atom. The molecule has 1 amide bonds. The molecule has 4 rings (SSSR count). The van der Waals surface area contributed by atoms with Gasteiger partial charge in [0.2, 0.25) is 0 Å². The van der Waals surface area contributed by atoms with E-state index in [4.69, 9.17) is 0 Å². The molecule has 0 saturated carbocycles. The third kappa shape index (κ3) is 3.78. The van der Waals surface area contributed by atoms with Gasteiger partial charge in [-0.15, -0.1) is 0 Å². The lowest BCUT2D eigenvalue weighted by Crippen LogP contribution is -2.43. The summed E-state index contributed by atoms with van der Waals surface area (Å²) in [4.78, 5) is 20.1. The van der Waals surface area contributed by atoms with E-state index in [0.29, 0.717) is 0 Å². The fourth-order valence-electron chi connectivity index (χ4n) is 3.35. The molecule has 1 atom stereocenters. The van der Waals surface area contributed by atoms with Crippen molar-refractivity contribution in [1.82, 2.24) is 19.7 Å². The van der Waals surface area contributed by atoms with Crippen molar-refractivity contribution in [3.63, 3.8) is 0 Å². The lowest BCUT2D eigenvalue weighted by Gasteiger charge is -2.27. The topological polar surface area (TPSA) is 66.8 Å². The van der Waals surface area contributed by atoms with Crippen molar-refractivity contribution in [3.8, 4) is 11.1 Å². The monoisotopic (exact) mass is 413 g/mol. The second-order valence-corrected chi connectivity index (χ2v) is 6.91. The van der Waals surface area contributed by atoms with E-state index in [9.17, 15) is 18.0 Å². The zero-order valence-electron chi connectivity index (χ0n) is 16.0.